The van der Waals surface area contributed by atoms with Gasteiger partial charge in [-0.15, -0.1) is 0 Å². The molecule has 4 aromatic rings. The maximum Gasteiger partial charge on any atom is 0.144 e. The van der Waals surface area contributed by atoms with Crippen LogP contribution in [0.1, 0.15) is 105 Å². The molecule has 0 spiro atoms. The highest BCUT2D eigenvalue weighted by Gasteiger charge is 2.31. The number of phenolic OH excluding ortho intramolecular Hbond substituents is 4. The van der Waals surface area contributed by atoms with Crippen molar-refractivity contribution in [2.75, 3.05) is 0 Å². The Labute approximate surface area is 337 Å². The van der Waals surface area contributed by atoms with Crippen molar-refractivity contribution in [2.45, 2.75) is 144 Å². The number of benzene rings is 4. The molecule has 8 bridgehead atoms. The molecule has 1 heterocycles. The third-order valence-corrected chi connectivity index (χ3v) is 19.2. The van der Waals surface area contributed by atoms with Crippen LogP contribution >= 0.6 is 0 Å². The lowest BCUT2D eigenvalue weighted by Crippen LogP contribution is -2.16. The summed E-state index contributed by atoms with van der Waals surface area (Å²) in [5, 5.41) is 48.8. The Morgan fingerprint density at radius 1 is 0.308 bits per heavy atom. The Kier molecular flexibility index (Phi) is 11.3. The summed E-state index contributed by atoms with van der Waals surface area (Å²) < 4.78 is 0. The van der Waals surface area contributed by atoms with Crippen molar-refractivity contribution in [1.82, 2.24) is 0 Å². The summed E-state index contributed by atoms with van der Waals surface area (Å²) in [5.41, 5.74) is 2.29. The molecular weight excluding hydrogens is 801 g/mol. The fraction of sp³-hybridized carbons (Fsp3) is 0.400. The van der Waals surface area contributed by atoms with Gasteiger partial charge in [-0.25, -0.2) is 0 Å². The molecule has 1 aliphatic rings. The molecule has 52 heavy (non-hydrogen) atoms. The maximum absolute atomic E-state index is 12.2. The lowest BCUT2D eigenvalue weighted by atomic mass is 9.87. The second-order valence-corrected chi connectivity index (χ2v) is 27.0. The topological polar surface area (TPSA) is 80.9 Å². The van der Waals surface area contributed by atoms with Crippen LogP contribution in [-0.2, 0) is 104 Å². The molecule has 0 aromatic heterocycles. The molecule has 280 valence electrons. The standard InChI is InChI=1S/C40H48O4S8/c1-37(2,3)21-13-25-33(41)26(14-21)50(46)28-16-23(39(7,8)9)18-30(35(28)43)52(48)32-20-24(40(10,11)12)19-31(36(32)44)51(47)29-17-22(38(4,5)6)15-27(34(29)42)49(25)45/h13-20,41-44H,1-12H3. The van der Waals surface area contributed by atoms with Crippen LogP contribution < -0.4 is 0 Å². The van der Waals surface area contributed by atoms with Gasteiger partial charge >= 0.3 is 0 Å². The van der Waals surface area contributed by atoms with Crippen molar-refractivity contribution in [2.24, 2.45) is 0 Å². The zero-order valence-corrected chi connectivity index (χ0v) is 38.2. The summed E-state index contributed by atoms with van der Waals surface area (Å²) in [6, 6.07) is 15.4. The van der Waals surface area contributed by atoms with Gasteiger partial charge in [-0.1, -0.05) is 121 Å². The first-order valence-electron chi connectivity index (χ1n) is 16.8. The molecule has 0 radical (unpaired) electrons. The summed E-state index contributed by atoms with van der Waals surface area (Å²) >= 11 is 25.2. The van der Waals surface area contributed by atoms with Crippen molar-refractivity contribution >= 4 is 82.6 Å². The predicted molar refractivity (Wildman–Crippen MR) is 232 cm³/mol. The van der Waals surface area contributed by atoms with Gasteiger partial charge in [-0.3, -0.25) is 0 Å². The molecule has 1 aliphatic heterocycles. The van der Waals surface area contributed by atoms with Crippen LogP contribution in [0.3, 0.4) is 0 Å². The van der Waals surface area contributed by atoms with E-state index in [9.17, 15) is 20.4 Å². The van der Waals surface area contributed by atoms with E-state index in [0.717, 1.165) is 22.3 Å². The number of fused-ring (bicyclic) bond motifs is 8. The lowest BCUT2D eigenvalue weighted by molar-refractivity contribution is 0.441. The fourth-order valence-electron chi connectivity index (χ4n) is 5.67. The van der Waals surface area contributed by atoms with Crippen LogP contribution in [0.25, 0.3) is 0 Å². The third kappa shape index (κ3) is 7.74. The quantitative estimate of drug-likeness (QED) is 0.123. The van der Waals surface area contributed by atoms with Gasteiger partial charge in [0, 0.05) is 0 Å². The van der Waals surface area contributed by atoms with Crippen molar-refractivity contribution in [1.29, 1.82) is 0 Å². The predicted octanol–water partition coefficient (Wildman–Crippen LogP) is 10.0. The molecule has 0 atom stereocenters. The average Bonchev–Trinajstić information content (AvgIpc) is 3.01. The molecule has 5 rings (SSSR count). The SMILES string of the molecule is CC(C)(C)c1cc2c(O)c(c1)S(=S)c1cc(C(C)(C)C)cc(c1O)S(=S)c1cc(C(C)(C)C)cc(c1O)S(=S)c1cc(C(C)(C)C)cc(c1O)S2=S. The van der Waals surface area contributed by atoms with Gasteiger partial charge < -0.3 is 20.4 Å². The minimum Gasteiger partial charge on any atom is -0.506 e. The van der Waals surface area contributed by atoms with E-state index in [4.69, 9.17) is 44.8 Å². The monoisotopic (exact) mass is 848 g/mol. The second-order valence-electron chi connectivity index (χ2n) is 17.4. The van der Waals surface area contributed by atoms with Gasteiger partial charge in [0.25, 0.3) is 0 Å². The lowest BCUT2D eigenvalue weighted by Gasteiger charge is -2.28. The van der Waals surface area contributed by atoms with Crippen LogP contribution in [0, 0.1) is 0 Å². The van der Waals surface area contributed by atoms with Gasteiger partial charge in [0.05, 0.1) is 39.2 Å². The van der Waals surface area contributed by atoms with E-state index in [0.29, 0.717) is 39.2 Å². The first kappa shape index (κ1) is 41.5. The largest absolute Gasteiger partial charge is 0.506 e. The highest BCUT2D eigenvalue weighted by atomic mass is 32.8. The summed E-state index contributed by atoms with van der Waals surface area (Å²) in [4.78, 5) is 3.76. The van der Waals surface area contributed by atoms with Crippen LogP contribution in [-0.4, -0.2) is 20.4 Å². The number of hydrogen-bond donors (Lipinski definition) is 4. The molecule has 4 N–H and O–H groups in total. The number of rotatable bonds is 0. The van der Waals surface area contributed by atoms with Crippen molar-refractivity contribution in [3.8, 4) is 23.0 Å². The fourth-order valence-corrected chi connectivity index (χ4v) is 14.1. The molecule has 0 fully saturated rings. The van der Waals surface area contributed by atoms with Crippen molar-refractivity contribution in [3.63, 3.8) is 0 Å². The van der Waals surface area contributed by atoms with Gasteiger partial charge in [0.1, 0.15) is 23.0 Å². The van der Waals surface area contributed by atoms with Gasteiger partial charge in [-0.2, -0.15) is 0 Å². The van der Waals surface area contributed by atoms with Gasteiger partial charge in [-0.05, 0) is 137 Å². The number of phenols is 4. The molecule has 0 amide bonds. The number of hydrogen-bond acceptors (Lipinski definition) is 8. The van der Waals surface area contributed by atoms with Gasteiger partial charge in [0.2, 0.25) is 0 Å². The minimum absolute atomic E-state index is 0.0478. The van der Waals surface area contributed by atoms with Gasteiger partial charge in [0.15, 0.2) is 0 Å². The molecule has 0 saturated heterocycles. The molecule has 12 heteroatoms. The van der Waals surface area contributed by atoms with E-state index in [1.54, 1.807) is 0 Å². The average molecular weight is 849 g/mol. The molecular formula is C40H48O4S8. The first-order chi connectivity index (χ1) is 23.6. The highest BCUT2D eigenvalue weighted by molar-refractivity contribution is 8.30. The normalized spacial score (nSPS) is 19.8. The van der Waals surface area contributed by atoms with Crippen molar-refractivity contribution in [3.05, 3.63) is 70.8 Å². The Morgan fingerprint density at radius 2 is 0.423 bits per heavy atom. The van der Waals surface area contributed by atoms with E-state index < -0.39 is 37.8 Å². The van der Waals surface area contributed by atoms with E-state index in [-0.39, 0.29) is 44.7 Å². The Morgan fingerprint density at radius 3 is 0.519 bits per heavy atom. The van der Waals surface area contributed by atoms with Crippen LogP contribution in [0.5, 0.6) is 23.0 Å². The summed E-state index contributed by atoms with van der Waals surface area (Å²) in [6.07, 6.45) is 0. The molecule has 0 aliphatic carbocycles. The summed E-state index contributed by atoms with van der Waals surface area (Å²) in [7, 11) is -5.05. The Hall–Kier alpha value is -1.64. The smallest absolute Gasteiger partial charge is 0.144 e. The van der Waals surface area contributed by atoms with E-state index >= 15 is 0 Å². The van der Waals surface area contributed by atoms with Crippen LogP contribution in [0.15, 0.2) is 87.7 Å². The van der Waals surface area contributed by atoms with E-state index in [1.807, 2.05) is 48.5 Å². The third-order valence-electron chi connectivity index (χ3n) is 9.22. The molecule has 0 unspecified atom stereocenters. The second kappa shape index (κ2) is 14.1. The van der Waals surface area contributed by atoms with Crippen molar-refractivity contribution < 1.29 is 20.4 Å². The Balaban J connectivity index is 2.05. The van der Waals surface area contributed by atoms with E-state index in [2.05, 4.69) is 83.1 Å². The molecule has 0 saturated carbocycles. The minimum atomic E-state index is -1.26. The van der Waals surface area contributed by atoms with Crippen LogP contribution in [0.2, 0.25) is 0 Å². The molecule has 4 nitrogen and oxygen atoms in total. The zero-order chi connectivity index (χ0) is 39.2. The van der Waals surface area contributed by atoms with Crippen LogP contribution in [0.4, 0.5) is 0 Å². The number of aromatic hydroxyl groups is 4. The summed E-state index contributed by atoms with van der Waals surface area (Å²) in [5.74, 6) is -0.191. The Bertz CT molecular complexity index is 1820. The zero-order valence-electron chi connectivity index (χ0n) is 31.7. The highest BCUT2D eigenvalue weighted by Crippen LogP contribution is 2.48. The maximum atomic E-state index is 12.2. The van der Waals surface area contributed by atoms with E-state index in [1.165, 1.54) is 0 Å². The first-order valence-corrected chi connectivity index (χ1v) is 25.4. The summed E-state index contributed by atoms with van der Waals surface area (Å²) in [6.45, 7) is 25.1. The molecule has 4 aromatic carbocycles.